The molecule has 0 bridgehead atoms. The van der Waals surface area contributed by atoms with Crippen molar-refractivity contribution in [2.75, 3.05) is 5.32 Å². The van der Waals surface area contributed by atoms with Crippen LogP contribution in [-0.4, -0.2) is 25.3 Å². The first-order chi connectivity index (χ1) is 11.1. The minimum Gasteiger partial charge on any atom is -0.508 e. The van der Waals surface area contributed by atoms with Crippen molar-refractivity contribution in [3.63, 3.8) is 0 Å². The predicted octanol–water partition coefficient (Wildman–Crippen LogP) is 1.04. The first kappa shape index (κ1) is 13.4. The molecule has 8 heteroatoms. The Bertz CT molecular complexity index is 1030. The van der Waals surface area contributed by atoms with Gasteiger partial charge in [-0.2, -0.15) is 5.10 Å². The Balaban J connectivity index is 2.09. The summed E-state index contributed by atoms with van der Waals surface area (Å²) in [6, 6.07) is 6.80. The molecule has 5 N–H and O–H groups in total. The van der Waals surface area contributed by atoms with Crippen LogP contribution in [0.25, 0.3) is 0 Å². The van der Waals surface area contributed by atoms with Gasteiger partial charge in [-0.15, -0.1) is 0 Å². The summed E-state index contributed by atoms with van der Waals surface area (Å²) >= 11 is 0. The van der Waals surface area contributed by atoms with Gasteiger partial charge < -0.3 is 10.4 Å². The molecule has 0 aliphatic carbocycles. The van der Waals surface area contributed by atoms with E-state index in [4.69, 9.17) is 0 Å². The third-order valence-electron chi connectivity index (χ3n) is 4.04. The van der Waals surface area contributed by atoms with Gasteiger partial charge >= 0.3 is 5.69 Å². The number of phenols is 1. The van der Waals surface area contributed by atoms with Crippen LogP contribution < -0.4 is 16.6 Å². The van der Waals surface area contributed by atoms with Crippen molar-refractivity contribution in [3.05, 3.63) is 67.5 Å². The second kappa shape index (κ2) is 4.60. The van der Waals surface area contributed by atoms with Gasteiger partial charge in [-0.3, -0.25) is 19.9 Å². The number of anilines is 2. The van der Waals surface area contributed by atoms with Crippen LogP contribution >= 0.6 is 0 Å². The summed E-state index contributed by atoms with van der Waals surface area (Å²) in [5.74, 6) is 0.333. The van der Waals surface area contributed by atoms with Crippen molar-refractivity contribution in [3.8, 4) is 5.75 Å². The molecule has 0 spiro atoms. The quantitative estimate of drug-likeness (QED) is 0.359. The van der Waals surface area contributed by atoms with Crippen molar-refractivity contribution in [1.82, 2.24) is 20.2 Å². The summed E-state index contributed by atoms with van der Waals surface area (Å²) in [5.41, 5.74) is 1.33. The van der Waals surface area contributed by atoms with Crippen LogP contribution in [0.4, 0.5) is 11.6 Å². The first-order valence-corrected chi connectivity index (χ1v) is 7.02. The molecule has 2 aromatic heterocycles. The van der Waals surface area contributed by atoms with E-state index in [1.54, 1.807) is 24.3 Å². The van der Waals surface area contributed by atoms with Crippen LogP contribution in [0, 0.1) is 6.92 Å². The average Bonchev–Trinajstić information content (AvgIpc) is 2.87. The number of aryl methyl sites for hydroxylation is 1. The number of H-pyrrole nitrogens is 3. The van der Waals surface area contributed by atoms with Gasteiger partial charge in [0.25, 0.3) is 5.56 Å². The lowest BCUT2D eigenvalue weighted by Crippen LogP contribution is -2.31. The molecule has 1 atom stereocenters. The molecule has 1 aromatic carbocycles. The Morgan fingerprint density at radius 2 is 1.91 bits per heavy atom. The predicted molar refractivity (Wildman–Crippen MR) is 83.3 cm³/mol. The van der Waals surface area contributed by atoms with Crippen LogP contribution in [0.1, 0.15) is 28.3 Å². The molecule has 0 unspecified atom stereocenters. The van der Waals surface area contributed by atoms with E-state index in [0.717, 1.165) is 11.3 Å². The molecular formula is C15H13N5O3. The maximum atomic E-state index is 12.4. The fourth-order valence-corrected chi connectivity index (χ4v) is 3.06. The van der Waals surface area contributed by atoms with E-state index < -0.39 is 17.2 Å². The molecule has 8 nitrogen and oxygen atoms in total. The van der Waals surface area contributed by atoms with E-state index >= 15 is 0 Å². The van der Waals surface area contributed by atoms with Gasteiger partial charge in [0, 0.05) is 16.8 Å². The highest BCUT2D eigenvalue weighted by molar-refractivity contribution is 5.71. The van der Waals surface area contributed by atoms with Gasteiger partial charge in [-0.1, -0.05) is 18.2 Å². The van der Waals surface area contributed by atoms with E-state index in [2.05, 4.69) is 25.5 Å². The van der Waals surface area contributed by atoms with Crippen molar-refractivity contribution in [2.45, 2.75) is 12.8 Å². The van der Waals surface area contributed by atoms with E-state index in [0.29, 0.717) is 16.9 Å². The minimum atomic E-state index is -0.604. The molecule has 0 fully saturated rings. The van der Waals surface area contributed by atoms with Crippen molar-refractivity contribution in [2.24, 2.45) is 0 Å². The Kier molecular flexibility index (Phi) is 2.68. The first-order valence-electron chi connectivity index (χ1n) is 7.02. The van der Waals surface area contributed by atoms with Gasteiger partial charge in [0.15, 0.2) is 5.82 Å². The van der Waals surface area contributed by atoms with Crippen LogP contribution in [0.15, 0.2) is 33.9 Å². The molecule has 116 valence electrons. The van der Waals surface area contributed by atoms with Gasteiger partial charge in [0.05, 0.1) is 11.5 Å². The van der Waals surface area contributed by atoms with Crippen molar-refractivity contribution >= 4 is 11.6 Å². The summed E-state index contributed by atoms with van der Waals surface area (Å²) in [7, 11) is 0. The Morgan fingerprint density at radius 3 is 2.70 bits per heavy atom. The fourth-order valence-electron chi connectivity index (χ4n) is 3.06. The maximum Gasteiger partial charge on any atom is 0.327 e. The van der Waals surface area contributed by atoms with E-state index in [-0.39, 0.29) is 11.6 Å². The number of hydrogen-bond donors (Lipinski definition) is 5. The van der Waals surface area contributed by atoms with Gasteiger partial charge in [0.1, 0.15) is 11.6 Å². The lowest BCUT2D eigenvalue weighted by molar-refractivity contribution is 0.467. The fraction of sp³-hybridized carbons (Fsp3) is 0.133. The SMILES string of the molecule is Cc1[nH]nc2c1[C@H](c1ccccc1O)c1c([nH]c(=O)[nH]c1=O)N2. The Labute approximate surface area is 129 Å². The molecule has 3 heterocycles. The zero-order chi connectivity index (χ0) is 16.1. The summed E-state index contributed by atoms with van der Waals surface area (Å²) in [4.78, 5) is 28.8. The maximum absolute atomic E-state index is 12.4. The normalized spacial score (nSPS) is 15.6. The standard InChI is InChI=1S/C15H13N5O3/c1-6-9-10(7-4-2-3-5-8(7)21)11-12(16-13(9)20-19-6)17-15(23)18-14(11)22/h2-5,10,21H,1H3,(H4,16,17,18,19,20,22,23)/t10-/m0/s1. The summed E-state index contributed by atoms with van der Waals surface area (Å²) in [6.45, 7) is 1.84. The van der Waals surface area contributed by atoms with Crippen LogP contribution in [0.2, 0.25) is 0 Å². The molecule has 23 heavy (non-hydrogen) atoms. The number of benzene rings is 1. The lowest BCUT2D eigenvalue weighted by atomic mass is 9.83. The Morgan fingerprint density at radius 1 is 1.13 bits per heavy atom. The average molecular weight is 311 g/mol. The molecule has 0 saturated heterocycles. The number of nitrogens with zero attached hydrogens (tertiary/aromatic N) is 1. The molecule has 3 aromatic rings. The summed E-state index contributed by atoms with van der Waals surface area (Å²) in [5, 5.41) is 20.3. The second-order valence-corrected chi connectivity index (χ2v) is 5.42. The number of nitrogens with one attached hydrogen (secondary N) is 4. The largest absolute Gasteiger partial charge is 0.508 e. The highest BCUT2D eigenvalue weighted by Gasteiger charge is 2.35. The molecule has 0 saturated carbocycles. The number of aromatic nitrogens is 4. The number of para-hydroxylation sites is 1. The molecule has 4 rings (SSSR count). The van der Waals surface area contributed by atoms with Gasteiger partial charge in [-0.05, 0) is 13.0 Å². The van der Waals surface area contributed by atoms with Gasteiger partial charge in [-0.25, -0.2) is 4.79 Å². The van der Waals surface area contributed by atoms with Crippen LogP contribution in [0.3, 0.4) is 0 Å². The Hall–Kier alpha value is -3.29. The second-order valence-electron chi connectivity index (χ2n) is 5.42. The molecular weight excluding hydrogens is 298 g/mol. The molecule has 1 aliphatic rings. The zero-order valence-electron chi connectivity index (χ0n) is 12.1. The third-order valence-corrected chi connectivity index (χ3v) is 4.04. The molecule has 1 aliphatic heterocycles. The van der Waals surface area contributed by atoms with Crippen LogP contribution in [-0.2, 0) is 0 Å². The van der Waals surface area contributed by atoms with E-state index in [1.165, 1.54) is 0 Å². The number of aromatic hydroxyl groups is 1. The number of aromatic amines is 3. The molecule has 0 amide bonds. The smallest absolute Gasteiger partial charge is 0.327 e. The van der Waals surface area contributed by atoms with Crippen LogP contribution in [0.5, 0.6) is 5.75 Å². The van der Waals surface area contributed by atoms with E-state index in [9.17, 15) is 14.7 Å². The van der Waals surface area contributed by atoms with Gasteiger partial charge in [0.2, 0.25) is 0 Å². The van der Waals surface area contributed by atoms with Crippen molar-refractivity contribution < 1.29 is 5.11 Å². The summed E-state index contributed by atoms with van der Waals surface area (Å²) in [6.07, 6.45) is 0. The highest BCUT2D eigenvalue weighted by Crippen LogP contribution is 2.44. The number of phenolic OH excluding ortho intramolecular Hbond substituents is 1. The highest BCUT2D eigenvalue weighted by atomic mass is 16.3. The number of rotatable bonds is 1. The number of fused-ring (bicyclic) bond motifs is 2. The minimum absolute atomic E-state index is 0.0718. The van der Waals surface area contributed by atoms with E-state index in [1.807, 2.05) is 6.92 Å². The summed E-state index contributed by atoms with van der Waals surface area (Å²) < 4.78 is 0. The lowest BCUT2D eigenvalue weighted by Gasteiger charge is -2.26. The monoisotopic (exact) mass is 311 g/mol. The number of hydrogen-bond acceptors (Lipinski definition) is 5. The zero-order valence-corrected chi connectivity index (χ0v) is 12.1. The topological polar surface area (TPSA) is 127 Å². The van der Waals surface area contributed by atoms with Crippen molar-refractivity contribution in [1.29, 1.82) is 0 Å². The molecule has 0 radical (unpaired) electrons. The third kappa shape index (κ3) is 1.88.